The summed E-state index contributed by atoms with van der Waals surface area (Å²) >= 11 is 0. The van der Waals surface area contributed by atoms with Crippen LogP contribution in [0.15, 0.2) is 42.5 Å². The second kappa shape index (κ2) is 5.41. The number of anilines is 2. The van der Waals surface area contributed by atoms with E-state index in [1.54, 1.807) is 24.3 Å². The standard InChI is InChI=1S/C15H12FN3O/c1-19(13-8-3-2-5-10(13)9-17)15(20)11-6-4-7-12(16)14(11)18/h2-8H,18H2,1H3. The van der Waals surface area contributed by atoms with Crippen molar-refractivity contribution in [2.45, 2.75) is 0 Å². The molecule has 2 rings (SSSR count). The molecule has 2 aromatic rings. The molecule has 5 heteroatoms. The fourth-order valence-corrected chi connectivity index (χ4v) is 1.87. The first-order valence-electron chi connectivity index (χ1n) is 5.87. The molecule has 0 saturated heterocycles. The number of nitrogen functional groups attached to an aromatic ring is 1. The summed E-state index contributed by atoms with van der Waals surface area (Å²) in [5.74, 6) is -1.11. The van der Waals surface area contributed by atoms with E-state index < -0.39 is 11.7 Å². The Balaban J connectivity index is 2.44. The zero-order valence-electron chi connectivity index (χ0n) is 10.8. The molecule has 100 valence electrons. The topological polar surface area (TPSA) is 70.1 Å². The Kier molecular flexibility index (Phi) is 3.67. The lowest BCUT2D eigenvalue weighted by Gasteiger charge is -2.19. The van der Waals surface area contributed by atoms with Gasteiger partial charge in [0.2, 0.25) is 0 Å². The number of benzene rings is 2. The van der Waals surface area contributed by atoms with Crippen LogP contribution < -0.4 is 10.6 Å². The van der Waals surface area contributed by atoms with Crippen molar-refractivity contribution in [2.24, 2.45) is 0 Å². The molecule has 0 spiro atoms. The maximum atomic E-state index is 13.4. The molecule has 20 heavy (non-hydrogen) atoms. The zero-order chi connectivity index (χ0) is 14.7. The lowest BCUT2D eigenvalue weighted by atomic mass is 10.1. The van der Waals surface area contributed by atoms with Crippen molar-refractivity contribution in [1.29, 1.82) is 5.26 Å². The van der Waals surface area contributed by atoms with Gasteiger partial charge in [0.25, 0.3) is 5.91 Å². The van der Waals surface area contributed by atoms with E-state index in [1.807, 2.05) is 6.07 Å². The highest BCUT2D eigenvalue weighted by Crippen LogP contribution is 2.23. The van der Waals surface area contributed by atoms with Crippen LogP contribution in [0.1, 0.15) is 15.9 Å². The summed E-state index contributed by atoms with van der Waals surface area (Å²) in [5, 5.41) is 9.05. The van der Waals surface area contributed by atoms with Crippen molar-refractivity contribution >= 4 is 17.3 Å². The molecule has 0 radical (unpaired) electrons. The first-order chi connectivity index (χ1) is 9.56. The Hall–Kier alpha value is -2.87. The van der Waals surface area contributed by atoms with E-state index in [1.165, 1.54) is 30.1 Å². The molecule has 2 N–H and O–H groups in total. The van der Waals surface area contributed by atoms with Gasteiger partial charge in [-0.2, -0.15) is 5.26 Å². The normalized spacial score (nSPS) is 9.85. The van der Waals surface area contributed by atoms with Gasteiger partial charge in [0.1, 0.15) is 11.9 Å². The second-order valence-electron chi connectivity index (χ2n) is 4.19. The average molecular weight is 269 g/mol. The van der Waals surface area contributed by atoms with Crippen molar-refractivity contribution in [1.82, 2.24) is 0 Å². The SMILES string of the molecule is CN(C(=O)c1cccc(F)c1N)c1ccccc1C#N. The number of nitrogens with zero attached hydrogens (tertiary/aromatic N) is 2. The third-order valence-electron chi connectivity index (χ3n) is 2.97. The highest BCUT2D eigenvalue weighted by molar-refractivity contribution is 6.09. The number of carbonyl (C=O) groups excluding carboxylic acids is 1. The Morgan fingerprint density at radius 1 is 1.25 bits per heavy atom. The Morgan fingerprint density at radius 2 is 1.95 bits per heavy atom. The van der Waals surface area contributed by atoms with Crippen LogP contribution in [0.2, 0.25) is 0 Å². The van der Waals surface area contributed by atoms with Gasteiger partial charge in [-0.15, -0.1) is 0 Å². The predicted molar refractivity (Wildman–Crippen MR) is 74.7 cm³/mol. The summed E-state index contributed by atoms with van der Waals surface area (Å²) in [7, 11) is 1.52. The molecule has 0 bridgehead atoms. The summed E-state index contributed by atoms with van der Waals surface area (Å²) in [4.78, 5) is 13.6. The third kappa shape index (κ3) is 2.31. The van der Waals surface area contributed by atoms with Crippen LogP contribution in [0.4, 0.5) is 15.8 Å². The van der Waals surface area contributed by atoms with Crippen LogP contribution in [-0.2, 0) is 0 Å². The number of amides is 1. The van der Waals surface area contributed by atoms with E-state index in [0.29, 0.717) is 11.3 Å². The number of para-hydroxylation sites is 2. The Bertz CT molecular complexity index is 707. The van der Waals surface area contributed by atoms with Crippen LogP contribution in [0.25, 0.3) is 0 Å². The minimum absolute atomic E-state index is 0.0697. The molecular weight excluding hydrogens is 257 g/mol. The van der Waals surface area contributed by atoms with Gasteiger partial charge in [-0.05, 0) is 24.3 Å². The first kappa shape index (κ1) is 13.6. The minimum Gasteiger partial charge on any atom is -0.396 e. The fraction of sp³-hybridized carbons (Fsp3) is 0.0667. The molecule has 1 amide bonds. The van der Waals surface area contributed by atoms with Crippen LogP contribution in [-0.4, -0.2) is 13.0 Å². The molecule has 0 heterocycles. The molecule has 0 unspecified atom stereocenters. The van der Waals surface area contributed by atoms with Gasteiger partial charge in [-0.25, -0.2) is 4.39 Å². The van der Waals surface area contributed by atoms with Gasteiger partial charge in [0.05, 0.1) is 22.5 Å². The molecule has 0 aliphatic carbocycles. The quantitative estimate of drug-likeness (QED) is 0.852. The number of carbonyl (C=O) groups is 1. The number of halogens is 1. The van der Waals surface area contributed by atoms with Crippen LogP contribution in [0, 0.1) is 17.1 Å². The van der Waals surface area contributed by atoms with Crippen LogP contribution in [0.3, 0.4) is 0 Å². The highest BCUT2D eigenvalue weighted by Gasteiger charge is 2.19. The second-order valence-corrected chi connectivity index (χ2v) is 4.19. The number of nitriles is 1. The number of nitrogens with two attached hydrogens (primary N) is 1. The lowest BCUT2D eigenvalue weighted by molar-refractivity contribution is 0.0993. The van der Waals surface area contributed by atoms with Crippen molar-refractivity contribution in [3.05, 3.63) is 59.4 Å². The predicted octanol–water partition coefficient (Wildman–Crippen LogP) is 2.56. The van der Waals surface area contributed by atoms with Gasteiger partial charge in [0, 0.05) is 7.05 Å². The maximum Gasteiger partial charge on any atom is 0.260 e. The fourth-order valence-electron chi connectivity index (χ4n) is 1.87. The monoisotopic (exact) mass is 269 g/mol. The minimum atomic E-state index is -0.641. The Labute approximate surface area is 115 Å². The van der Waals surface area contributed by atoms with Gasteiger partial charge in [-0.1, -0.05) is 18.2 Å². The van der Waals surface area contributed by atoms with E-state index in [9.17, 15) is 9.18 Å². The van der Waals surface area contributed by atoms with Gasteiger partial charge >= 0.3 is 0 Å². The largest absolute Gasteiger partial charge is 0.396 e. The van der Waals surface area contributed by atoms with Crippen molar-refractivity contribution in [2.75, 3.05) is 17.7 Å². The van der Waals surface area contributed by atoms with Gasteiger partial charge in [0.15, 0.2) is 0 Å². The summed E-state index contributed by atoms with van der Waals surface area (Å²) in [6.45, 7) is 0. The maximum absolute atomic E-state index is 13.4. The van der Waals surface area contributed by atoms with Crippen LogP contribution in [0.5, 0.6) is 0 Å². The molecule has 0 atom stereocenters. The molecule has 0 aliphatic heterocycles. The average Bonchev–Trinajstić information content (AvgIpc) is 2.48. The Morgan fingerprint density at radius 3 is 2.65 bits per heavy atom. The molecule has 2 aromatic carbocycles. The third-order valence-corrected chi connectivity index (χ3v) is 2.97. The number of hydrogen-bond acceptors (Lipinski definition) is 3. The molecular formula is C15H12FN3O. The van der Waals surface area contributed by atoms with E-state index in [2.05, 4.69) is 0 Å². The first-order valence-corrected chi connectivity index (χ1v) is 5.87. The molecule has 0 saturated carbocycles. The van der Waals surface area contributed by atoms with E-state index in [4.69, 9.17) is 11.0 Å². The van der Waals surface area contributed by atoms with Crippen molar-refractivity contribution in [3.8, 4) is 6.07 Å². The van der Waals surface area contributed by atoms with E-state index in [0.717, 1.165) is 0 Å². The number of hydrogen-bond donors (Lipinski definition) is 1. The van der Waals surface area contributed by atoms with E-state index in [-0.39, 0.29) is 11.3 Å². The summed E-state index contributed by atoms with van der Waals surface area (Å²) < 4.78 is 13.4. The smallest absolute Gasteiger partial charge is 0.260 e. The molecule has 0 aromatic heterocycles. The van der Waals surface area contributed by atoms with Crippen LogP contribution >= 0.6 is 0 Å². The molecule has 0 aliphatic rings. The summed E-state index contributed by atoms with van der Waals surface area (Å²) in [6.07, 6.45) is 0. The molecule has 4 nitrogen and oxygen atoms in total. The van der Waals surface area contributed by atoms with E-state index >= 15 is 0 Å². The van der Waals surface area contributed by atoms with Gasteiger partial charge in [-0.3, -0.25) is 4.79 Å². The van der Waals surface area contributed by atoms with Crippen molar-refractivity contribution in [3.63, 3.8) is 0 Å². The van der Waals surface area contributed by atoms with Crippen molar-refractivity contribution < 1.29 is 9.18 Å². The zero-order valence-corrected chi connectivity index (χ0v) is 10.8. The summed E-state index contributed by atoms with van der Waals surface area (Å²) in [5.41, 5.74) is 6.26. The molecule has 0 fully saturated rings. The lowest BCUT2D eigenvalue weighted by Crippen LogP contribution is -2.28. The number of rotatable bonds is 2. The summed E-state index contributed by atoms with van der Waals surface area (Å²) in [6, 6.07) is 12.7. The highest BCUT2D eigenvalue weighted by atomic mass is 19.1. The van der Waals surface area contributed by atoms with Gasteiger partial charge < -0.3 is 10.6 Å².